The van der Waals surface area contributed by atoms with Crippen molar-refractivity contribution in [3.63, 3.8) is 0 Å². The van der Waals surface area contributed by atoms with Gasteiger partial charge in [-0.1, -0.05) is 35.3 Å². The Morgan fingerprint density at radius 2 is 2.40 bits per heavy atom. The third kappa shape index (κ3) is 4.42. The Hall–Kier alpha value is -0.900. The van der Waals surface area contributed by atoms with Crippen LogP contribution in [-0.2, 0) is 0 Å². The van der Waals surface area contributed by atoms with Crippen LogP contribution in [-0.4, -0.2) is 22.3 Å². The van der Waals surface area contributed by atoms with Crippen molar-refractivity contribution >= 4 is 21.8 Å². The molecule has 1 aromatic heterocycles. The molecule has 1 rings (SSSR count). The molecule has 0 radical (unpaired) electrons. The lowest BCUT2D eigenvalue weighted by molar-refractivity contribution is 0.0948. The number of alkyl halides is 1. The van der Waals surface area contributed by atoms with Gasteiger partial charge in [0.2, 0.25) is 0 Å². The molecule has 1 atom stereocenters. The number of hydrogen-bond donors (Lipinski definition) is 1. The van der Waals surface area contributed by atoms with E-state index in [1.54, 1.807) is 24.4 Å². The molecule has 0 aliphatic rings. The van der Waals surface area contributed by atoms with Gasteiger partial charge in [0.05, 0.1) is 0 Å². The van der Waals surface area contributed by atoms with Crippen LogP contribution < -0.4 is 5.32 Å². The van der Waals surface area contributed by atoms with E-state index >= 15 is 0 Å². The van der Waals surface area contributed by atoms with Gasteiger partial charge in [0.1, 0.15) is 5.69 Å². The van der Waals surface area contributed by atoms with Crippen molar-refractivity contribution in [1.82, 2.24) is 10.3 Å². The van der Waals surface area contributed by atoms with E-state index in [4.69, 9.17) is 0 Å². The molecule has 0 aliphatic heterocycles. The predicted molar refractivity (Wildman–Crippen MR) is 64.2 cm³/mol. The number of carbonyl (C=O) groups excluding carboxylic acids is 1. The number of nitrogens with one attached hydrogen (secondary N) is 1. The van der Waals surface area contributed by atoms with E-state index in [1.807, 2.05) is 0 Å². The third-order valence-electron chi connectivity index (χ3n) is 1.98. The highest BCUT2D eigenvalue weighted by molar-refractivity contribution is 9.09. The molecule has 1 aromatic rings. The lowest BCUT2D eigenvalue weighted by Crippen LogP contribution is -2.30. The summed E-state index contributed by atoms with van der Waals surface area (Å²) in [5.41, 5.74) is 0.466. The van der Waals surface area contributed by atoms with E-state index in [0.717, 1.165) is 12.8 Å². The van der Waals surface area contributed by atoms with Gasteiger partial charge in [0.15, 0.2) is 0 Å². The fourth-order valence-corrected chi connectivity index (χ4v) is 1.83. The van der Waals surface area contributed by atoms with Crippen molar-refractivity contribution in [2.75, 3.05) is 6.54 Å². The highest BCUT2D eigenvalue weighted by Gasteiger charge is 2.08. The zero-order valence-electron chi connectivity index (χ0n) is 8.74. The van der Waals surface area contributed by atoms with Crippen molar-refractivity contribution in [2.24, 2.45) is 0 Å². The predicted octanol–water partition coefficient (Wildman–Crippen LogP) is 2.38. The van der Waals surface area contributed by atoms with E-state index in [-0.39, 0.29) is 5.91 Å². The molecule has 1 unspecified atom stereocenters. The number of hydrogen-bond acceptors (Lipinski definition) is 2. The summed E-state index contributed by atoms with van der Waals surface area (Å²) >= 11 is 3.50. The van der Waals surface area contributed by atoms with Crippen LogP contribution in [0, 0.1) is 0 Å². The van der Waals surface area contributed by atoms with Gasteiger partial charge >= 0.3 is 0 Å². The fourth-order valence-electron chi connectivity index (χ4n) is 1.21. The second-order valence-electron chi connectivity index (χ2n) is 3.31. The zero-order valence-corrected chi connectivity index (χ0v) is 10.3. The van der Waals surface area contributed by atoms with Gasteiger partial charge in [-0.3, -0.25) is 9.78 Å². The Kier molecular flexibility index (Phi) is 5.32. The Morgan fingerprint density at radius 1 is 1.60 bits per heavy atom. The first-order valence-corrected chi connectivity index (χ1v) is 5.99. The first-order chi connectivity index (χ1) is 7.24. The van der Waals surface area contributed by atoms with Gasteiger partial charge in [-0.25, -0.2) is 0 Å². The van der Waals surface area contributed by atoms with Gasteiger partial charge < -0.3 is 5.32 Å². The van der Waals surface area contributed by atoms with Crippen LogP contribution in [0.1, 0.15) is 30.3 Å². The minimum absolute atomic E-state index is 0.115. The second kappa shape index (κ2) is 6.56. The highest BCUT2D eigenvalue weighted by atomic mass is 79.9. The molecule has 0 aliphatic carbocycles. The molecule has 3 nitrogen and oxygen atoms in total. The molecule has 1 heterocycles. The second-order valence-corrected chi connectivity index (χ2v) is 4.61. The monoisotopic (exact) mass is 270 g/mol. The Labute approximate surface area is 98.4 Å². The van der Waals surface area contributed by atoms with Gasteiger partial charge in [0, 0.05) is 17.6 Å². The molecule has 0 saturated carbocycles. The van der Waals surface area contributed by atoms with Crippen molar-refractivity contribution in [3.8, 4) is 0 Å². The van der Waals surface area contributed by atoms with E-state index in [0.29, 0.717) is 17.1 Å². The number of rotatable bonds is 5. The lowest BCUT2D eigenvalue weighted by atomic mass is 10.2. The SMILES string of the molecule is CCCC(Br)CNC(=O)c1ccccn1. The van der Waals surface area contributed by atoms with Crippen molar-refractivity contribution in [2.45, 2.75) is 24.6 Å². The van der Waals surface area contributed by atoms with Crippen LogP contribution in [0.4, 0.5) is 0 Å². The Morgan fingerprint density at radius 3 is 3.00 bits per heavy atom. The Balaban J connectivity index is 2.37. The summed E-state index contributed by atoms with van der Waals surface area (Å²) in [5.74, 6) is -0.115. The summed E-state index contributed by atoms with van der Waals surface area (Å²) in [4.78, 5) is 15.9. The molecular weight excluding hydrogens is 256 g/mol. The standard InChI is InChI=1S/C11H15BrN2O/c1-2-5-9(12)8-14-11(15)10-6-3-4-7-13-10/h3-4,6-7,9H,2,5,8H2,1H3,(H,14,15). The topological polar surface area (TPSA) is 42.0 Å². The summed E-state index contributed by atoms with van der Waals surface area (Å²) in [6, 6.07) is 5.30. The number of amides is 1. The van der Waals surface area contributed by atoms with Crippen LogP contribution in [0.25, 0.3) is 0 Å². The molecule has 0 aromatic carbocycles. The van der Waals surface area contributed by atoms with Gasteiger partial charge in [0.25, 0.3) is 5.91 Å². The average Bonchev–Trinajstić information content (AvgIpc) is 2.27. The van der Waals surface area contributed by atoms with Crippen LogP contribution in [0.15, 0.2) is 24.4 Å². The van der Waals surface area contributed by atoms with E-state index in [1.165, 1.54) is 0 Å². The first-order valence-electron chi connectivity index (χ1n) is 5.07. The maximum Gasteiger partial charge on any atom is 0.269 e. The summed E-state index contributed by atoms with van der Waals surface area (Å²) in [6.45, 7) is 2.76. The van der Waals surface area contributed by atoms with Crippen molar-refractivity contribution in [3.05, 3.63) is 30.1 Å². The molecule has 0 bridgehead atoms. The molecule has 82 valence electrons. The molecular formula is C11H15BrN2O. The largest absolute Gasteiger partial charge is 0.350 e. The van der Waals surface area contributed by atoms with Crippen molar-refractivity contribution < 1.29 is 4.79 Å². The average molecular weight is 271 g/mol. The number of aromatic nitrogens is 1. The van der Waals surface area contributed by atoms with Crippen LogP contribution in [0.5, 0.6) is 0 Å². The van der Waals surface area contributed by atoms with E-state index in [2.05, 4.69) is 33.2 Å². The molecule has 4 heteroatoms. The number of nitrogens with zero attached hydrogens (tertiary/aromatic N) is 1. The minimum atomic E-state index is -0.115. The maximum atomic E-state index is 11.6. The van der Waals surface area contributed by atoms with Crippen LogP contribution in [0.3, 0.4) is 0 Å². The number of carbonyl (C=O) groups is 1. The molecule has 15 heavy (non-hydrogen) atoms. The first kappa shape index (κ1) is 12.2. The van der Waals surface area contributed by atoms with Crippen LogP contribution in [0.2, 0.25) is 0 Å². The summed E-state index contributed by atoms with van der Waals surface area (Å²) < 4.78 is 0. The van der Waals surface area contributed by atoms with E-state index in [9.17, 15) is 4.79 Å². The normalized spacial score (nSPS) is 12.1. The zero-order chi connectivity index (χ0) is 11.1. The molecule has 0 fully saturated rings. The third-order valence-corrected chi connectivity index (χ3v) is 2.77. The Bertz CT molecular complexity index is 303. The minimum Gasteiger partial charge on any atom is -0.350 e. The van der Waals surface area contributed by atoms with Crippen molar-refractivity contribution in [1.29, 1.82) is 0 Å². The quantitative estimate of drug-likeness (QED) is 0.835. The fraction of sp³-hybridized carbons (Fsp3) is 0.455. The number of pyridine rings is 1. The number of halogens is 1. The summed E-state index contributed by atoms with van der Waals surface area (Å²) in [5, 5.41) is 2.84. The molecule has 0 saturated heterocycles. The summed E-state index contributed by atoms with van der Waals surface area (Å²) in [6.07, 6.45) is 3.78. The van der Waals surface area contributed by atoms with Crippen LogP contribution >= 0.6 is 15.9 Å². The lowest BCUT2D eigenvalue weighted by Gasteiger charge is -2.09. The molecule has 1 N–H and O–H groups in total. The maximum absolute atomic E-state index is 11.6. The van der Waals surface area contributed by atoms with E-state index < -0.39 is 0 Å². The summed E-state index contributed by atoms with van der Waals surface area (Å²) in [7, 11) is 0. The van der Waals surface area contributed by atoms with Gasteiger partial charge in [-0.15, -0.1) is 0 Å². The molecule has 0 spiro atoms. The smallest absolute Gasteiger partial charge is 0.269 e. The highest BCUT2D eigenvalue weighted by Crippen LogP contribution is 2.06. The van der Waals surface area contributed by atoms with Gasteiger partial charge in [-0.2, -0.15) is 0 Å². The van der Waals surface area contributed by atoms with Gasteiger partial charge in [-0.05, 0) is 18.6 Å². The molecule has 1 amide bonds.